The Labute approximate surface area is 198 Å². The van der Waals surface area contributed by atoms with E-state index >= 15 is 0 Å². The number of ether oxygens (including phenoxy) is 2. The summed E-state index contributed by atoms with van der Waals surface area (Å²) in [6.45, 7) is 1.05. The Morgan fingerprint density at radius 3 is 2.50 bits per heavy atom. The van der Waals surface area contributed by atoms with Crippen molar-refractivity contribution in [3.05, 3.63) is 89.6 Å². The zero-order valence-corrected chi connectivity index (χ0v) is 19.0. The van der Waals surface area contributed by atoms with Gasteiger partial charge in [-0.2, -0.15) is 0 Å². The molecule has 0 bridgehead atoms. The number of piperidine rings is 1. The van der Waals surface area contributed by atoms with Gasteiger partial charge in [0.15, 0.2) is 0 Å². The van der Waals surface area contributed by atoms with E-state index in [1.807, 2.05) is 66.5 Å². The van der Waals surface area contributed by atoms with Gasteiger partial charge in [-0.1, -0.05) is 30.3 Å². The van der Waals surface area contributed by atoms with Crippen LogP contribution in [0.1, 0.15) is 28.8 Å². The van der Waals surface area contributed by atoms with E-state index in [9.17, 15) is 4.79 Å². The highest BCUT2D eigenvalue weighted by Gasteiger charge is 2.45. The van der Waals surface area contributed by atoms with Gasteiger partial charge in [0.25, 0.3) is 5.91 Å². The number of carbonyl (C=O) groups excluding carboxylic acids is 1. The highest BCUT2D eigenvalue weighted by molar-refractivity contribution is 5.95. The maximum Gasteiger partial charge on any atom is 0.255 e. The van der Waals surface area contributed by atoms with E-state index in [1.165, 1.54) is 6.21 Å². The third kappa shape index (κ3) is 3.90. The summed E-state index contributed by atoms with van der Waals surface area (Å²) in [5, 5.41) is 11.4. The molecule has 1 spiro atoms. The maximum absolute atomic E-state index is 13.1. The molecule has 3 heterocycles. The Kier molecular flexibility index (Phi) is 5.76. The smallest absolute Gasteiger partial charge is 0.255 e. The average molecular weight is 455 g/mol. The second kappa shape index (κ2) is 9.02. The number of pyridine rings is 1. The molecule has 1 saturated heterocycles. The van der Waals surface area contributed by atoms with Crippen molar-refractivity contribution in [3.8, 4) is 17.4 Å². The SMILES string of the molecule is CNC1=C(C=N)C2(CCN(C(=O)c3ccc(Oc4ccccc4)nc3)CC2)Oc2ccccc21. The molecule has 5 rings (SSSR count). The molecule has 1 fully saturated rings. The van der Waals surface area contributed by atoms with Gasteiger partial charge in [-0.25, -0.2) is 4.98 Å². The molecule has 2 aliphatic heterocycles. The van der Waals surface area contributed by atoms with E-state index in [0.29, 0.717) is 43.1 Å². The van der Waals surface area contributed by atoms with Crippen LogP contribution in [0.25, 0.3) is 5.70 Å². The zero-order valence-electron chi connectivity index (χ0n) is 19.0. The van der Waals surface area contributed by atoms with Gasteiger partial charge in [0, 0.05) is 62.6 Å². The van der Waals surface area contributed by atoms with Crippen LogP contribution in [0.2, 0.25) is 0 Å². The molecule has 2 N–H and O–H groups in total. The quantitative estimate of drug-likeness (QED) is 0.554. The number of amides is 1. The number of hydrogen-bond donors (Lipinski definition) is 2. The zero-order chi connectivity index (χ0) is 23.5. The molecule has 0 saturated carbocycles. The van der Waals surface area contributed by atoms with E-state index in [4.69, 9.17) is 14.9 Å². The molecular formula is C27H26N4O3. The summed E-state index contributed by atoms with van der Waals surface area (Å²) < 4.78 is 12.2. The number of aromatic nitrogens is 1. The van der Waals surface area contributed by atoms with Gasteiger partial charge in [0.05, 0.1) is 11.3 Å². The van der Waals surface area contributed by atoms with Gasteiger partial charge in [-0.3, -0.25) is 4.79 Å². The fraction of sp³-hybridized carbons (Fsp3) is 0.222. The first-order chi connectivity index (χ1) is 16.6. The van der Waals surface area contributed by atoms with Crippen molar-refractivity contribution in [2.45, 2.75) is 18.4 Å². The van der Waals surface area contributed by atoms with Crippen LogP contribution in [0.3, 0.4) is 0 Å². The second-order valence-electron chi connectivity index (χ2n) is 8.37. The Bertz CT molecular complexity index is 1230. The second-order valence-corrected chi connectivity index (χ2v) is 8.37. The van der Waals surface area contributed by atoms with Crippen LogP contribution in [-0.4, -0.2) is 47.7 Å². The summed E-state index contributed by atoms with van der Waals surface area (Å²) in [4.78, 5) is 19.3. The summed E-state index contributed by atoms with van der Waals surface area (Å²) in [6.07, 6.45) is 4.15. The number of para-hydroxylation sites is 2. The predicted octanol–water partition coefficient (Wildman–Crippen LogP) is 4.52. The molecule has 0 aliphatic carbocycles. The molecule has 2 aliphatic rings. The summed E-state index contributed by atoms with van der Waals surface area (Å²) in [5.74, 6) is 1.87. The first-order valence-electron chi connectivity index (χ1n) is 11.3. The molecule has 7 heteroatoms. The molecule has 0 radical (unpaired) electrons. The van der Waals surface area contributed by atoms with E-state index in [0.717, 1.165) is 22.6 Å². The van der Waals surface area contributed by atoms with Gasteiger partial charge in [0.2, 0.25) is 5.88 Å². The minimum Gasteiger partial charge on any atom is -0.482 e. The van der Waals surface area contributed by atoms with Crippen molar-refractivity contribution in [1.29, 1.82) is 5.41 Å². The Balaban J connectivity index is 1.30. The van der Waals surface area contributed by atoms with Gasteiger partial charge < -0.3 is 25.1 Å². The predicted molar refractivity (Wildman–Crippen MR) is 130 cm³/mol. The van der Waals surface area contributed by atoms with Gasteiger partial charge in [-0.15, -0.1) is 0 Å². The Morgan fingerprint density at radius 2 is 1.82 bits per heavy atom. The van der Waals surface area contributed by atoms with E-state index in [-0.39, 0.29) is 5.91 Å². The lowest BCUT2D eigenvalue weighted by Crippen LogP contribution is -2.53. The van der Waals surface area contributed by atoms with E-state index in [1.54, 1.807) is 18.3 Å². The third-order valence-corrected chi connectivity index (χ3v) is 6.42. The van der Waals surface area contributed by atoms with Gasteiger partial charge in [-0.05, 0) is 30.3 Å². The van der Waals surface area contributed by atoms with Crippen molar-refractivity contribution in [1.82, 2.24) is 15.2 Å². The highest BCUT2D eigenvalue weighted by atomic mass is 16.5. The number of benzene rings is 2. The van der Waals surface area contributed by atoms with Gasteiger partial charge in [0.1, 0.15) is 17.1 Å². The lowest BCUT2D eigenvalue weighted by atomic mass is 9.80. The molecule has 2 aromatic carbocycles. The van der Waals surface area contributed by atoms with Crippen molar-refractivity contribution >= 4 is 17.8 Å². The first-order valence-corrected chi connectivity index (χ1v) is 11.3. The topological polar surface area (TPSA) is 87.5 Å². The molecule has 0 atom stereocenters. The molecule has 3 aromatic rings. The van der Waals surface area contributed by atoms with Crippen molar-refractivity contribution in [3.63, 3.8) is 0 Å². The normalized spacial score (nSPS) is 16.4. The minimum atomic E-state index is -0.628. The lowest BCUT2D eigenvalue weighted by molar-refractivity contribution is 0.0291. The molecule has 1 aromatic heterocycles. The van der Waals surface area contributed by atoms with Crippen LogP contribution in [0.15, 0.2) is 78.5 Å². The van der Waals surface area contributed by atoms with Crippen molar-refractivity contribution in [2.24, 2.45) is 0 Å². The van der Waals surface area contributed by atoms with Crippen molar-refractivity contribution < 1.29 is 14.3 Å². The number of nitrogens with one attached hydrogen (secondary N) is 2. The van der Waals surface area contributed by atoms with Gasteiger partial charge >= 0.3 is 0 Å². The van der Waals surface area contributed by atoms with E-state index < -0.39 is 5.60 Å². The highest BCUT2D eigenvalue weighted by Crippen LogP contribution is 2.44. The van der Waals surface area contributed by atoms with Crippen LogP contribution >= 0.6 is 0 Å². The Hall–Kier alpha value is -4.13. The fourth-order valence-corrected chi connectivity index (χ4v) is 4.68. The van der Waals surface area contributed by atoms with Crippen molar-refractivity contribution in [2.75, 3.05) is 20.1 Å². The summed E-state index contributed by atoms with van der Waals surface area (Å²) in [7, 11) is 1.87. The summed E-state index contributed by atoms with van der Waals surface area (Å²) >= 11 is 0. The van der Waals surface area contributed by atoms with Crippen LogP contribution in [-0.2, 0) is 0 Å². The number of likely N-dealkylation sites (tertiary alicyclic amines) is 1. The van der Waals surface area contributed by atoms with Crippen LogP contribution < -0.4 is 14.8 Å². The molecule has 34 heavy (non-hydrogen) atoms. The summed E-state index contributed by atoms with van der Waals surface area (Å²) in [5.41, 5.74) is 2.58. The first kappa shape index (κ1) is 21.7. The molecule has 0 unspecified atom stereocenters. The maximum atomic E-state index is 13.1. The van der Waals surface area contributed by atoms with Crippen LogP contribution in [0, 0.1) is 5.41 Å². The molecule has 172 valence electrons. The lowest BCUT2D eigenvalue weighted by Gasteiger charge is -2.45. The van der Waals surface area contributed by atoms with Crippen LogP contribution in [0.4, 0.5) is 0 Å². The largest absolute Gasteiger partial charge is 0.482 e. The number of hydrogen-bond acceptors (Lipinski definition) is 6. The average Bonchev–Trinajstić information content (AvgIpc) is 2.89. The monoisotopic (exact) mass is 454 g/mol. The summed E-state index contributed by atoms with van der Waals surface area (Å²) in [6, 6.07) is 20.7. The molecular weight excluding hydrogens is 428 g/mol. The third-order valence-electron chi connectivity index (χ3n) is 6.42. The van der Waals surface area contributed by atoms with Crippen LogP contribution in [0.5, 0.6) is 17.4 Å². The Morgan fingerprint density at radius 1 is 1.09 bits per heavy atom. The number of fused-ring (bicyclic) bond motifs is 1. The number of rotatable bonds is 5. The standard InChI is InChI=1S/C27H26N4O3/c1-29-25-21-9-5-6-10-23(21)34-27(22(25)17-28)13-15-31(16-14-27)26(32)19-11-12-24(30-18-19)33-20-7-3-2-4-8-20/h2-12,17-18,28-29H,13-16H2,1H3. The molecule has 7 nitrogen and oxygen atoms in total. The van der Waals surface area contributed by atoms with E-state index in [2.05, 4.69) is 10.3 Å². The minimum absolute atomic E-state index is 0.0703. The number of carbonyl (C=O) groups is 1. The fourth-order valence-electron chi connectivity index (χ4n) is 4.68. The number of nitrogens with zero attached hydrogens (tertiary/aromatic N) is 2. The molecule has 1 amide bonds.